The van der Waals surface area contributed by atoms with Crippen molar-refractivity contribution in [1.82, 2.24) is 0 Å². The normalized spacial score (nSPS) is 10.7. The van der Waals surface area contributed by atoms with E-state index >= 15 is 0 Å². The van der Waals surface area contributed by atoms with Gasteiger partial charge in [0.05, 0.1) is 14.2 Å². The van der Waals surface area contributed by atoms with Crippen LogP contribution in [0.4, 0.5) is 0 Å². The summed E-state index contributed by atoms with van der Waals surface area (Å²) in [6.07, 6.45) is 3.88. The van der Waals surface area contributed by atoms with Gasteiger partial charge in [-0.2, -0.15) is 0 Å². The van der Waals surface area contributed by atoms with Crippen LogP contribution in [0.5, 0.6) is 11.5 Å². The SMILES string of the molecule is COc1cc(C=CCSC(C)=O)cc(OC)c1Br. The maximum atomic E-state index is 10.8. The summed E-state index contributed by atoms with van der Waals surface area (Å²) < 4.78 is 11.3. The molecule has 0 unspecified atom stereocenters. The second kappa shape index (κ2) is 7.48. The fourth-order valence-electron chi connectivity index (χ4n) is 1.34. The Morgan fingerprint density at radius 2 is 1.89 bits per heavy atom. The Hall–Kier alpha value is -0.940. The van der Waals surface area contributed by atoms with E-state index in [-0.39, 0.29) is 5.12 Å². The van der Waals surface area contributed by atoms with Crippen LogP contribution < -0.4 is 9.47 Å². The van der Waals surface area contributed by atoms with Gasteiger partial charge in [0.2, 0.25) is 0 Å². The molecule has 0 amide bonds. The number of thioether (sulfide) groups is 1. The lowest BCUT2D eigenvalue weighted by Crippen LogP contribution is -1.91. The van der Waals surface area contributed by atoms with Gasteiger partial charge in [-0.3, -0.25) is 4.79 Å². The van der Waals surface area contributed by atoms with Crippen molar-refractivity contribution in [1.29, 1.82) is 0 Å². The molecule has 0 aliphatic carbocycles. The van der Waals surface area contributed by atoms with Gasteiger partial charge in [-0.05, 0) is 33.6 Å². The third-order valence-electron chi connectivity index (χ3n) is 2.16. The molecule has 0 atom stereocenters. The first-order valence-electron chi connectivity index (χ1n) is 5.30. The molecule has 0 aromatic heterocycles. The number of halogens is 1. The highest BCUT2D eigenvalue weighted by Gasteiger charge is 2.08. The van der Waals surface area contributed by atoms with Gasteiger partial charge in [-0.25, -0.2) is 0 Å². The molecule has 0 spiro atoms. The predicted molar refractivity (Wildman–Crippen MR) is 79.4 cm³/mol. The summed E-state index contributed by atoms with van der Waals surface area (Å²) in [5.74, 6) is 2.09. The van der Waals surface area contributed by atoms with Gasteiger partial charge in [0, 0.05) is 12.7 Å². The maximum absolute atomic E-state index is 10.8. The molecular weight excluding hydrogens is 316 g/mol. The number of carbonyl (C=O) groups is 1. The zero-order valence-electron chi connectivity index (χ0n) is 10.5. The molecule has 3 nitrogen and oxygen atoms in total. The van der Waals surface area contributed by atoms with E-state index in [1.54, 1.807) is 21.1 Å². The number of rotatable bonds is 5. The summed E-state index contributed by atoms with van der Waals surface area (Å²) in [5, 5.41) is 0.116. The zero-order chi connectivity index (χ0) is 13.5. The van der Waals surface area contributed by atoms with E-state index in [1.165, 1.54) is 11.8 Å². The van der Waals surface area contributed by atoms with E-state index in [4.69, 9.17) is 9.47 Å². The van der Waals surface area contributed by atoms with Crippen molar-refractivity contribution in [3.8, 4) is 11.5 Å². The van der Waals surface area contributed by atoms with Crippen molar-refractivity contribution in [3.63, 3.8) is 0 Å². The van der Waals surface area contributed by atoms with Crippen LogP contribution in [0.2, 0.25) is 0 Å². The van der Waals surface area contributed by atoms with Gasteiger partial charge in [0.25, 0.3) is 0 Å². The van der Waals surface area contributed by atoms with Crippen molar-refractivity contribution >= 4 is 38.9 Å². The minimum absolute atomic E-state index is 0.116. The molecule has 1 aromatic rings. The molecular formula is C13H15BrO3S. The van der Waals surface area contributed by atoms with Gasteiger partial charge >= 0.3 is 0 Å². The molecule has 0 bridgehead atoms. The van der Waals surface area contributed by atoms with E-state index < -0.39 is 0 Å². The Bertz CT molecular complexity index is 433. The highest BCUT2D eigenvalue weighted by atomic mass is 79.9. The smallest absolute Gasteiger partial charge is 0.186 e. The monoisotopic (exact) mass is 330 g/mol. The number of hydrogen-bond donors (Lipinski definition) is 0. The summed E-state index contributed by atoms with van der Waals surface area (Å²) >= 11 is 4.69. The molecule has 0 aliphatic rings. The number of ether oxygens (including phenoxy) is 2. The number of hydrogen-bond acceptors (Lipinski definition) is 4. The third kappa shape index (κ3) is 4.38. The molecule has 0 saturated heterocycles. The third-order valence-corrected chi connectivity index (χ3v) is 3.71. The molecule has 0 radical (unpaired) electrons. The Balaban J connectivity index is 2.86. The fraction of sp³-hybridized carbons (Fsp3) is 0.308. The Kier molecular flexibility index (Phi) is 6.29. The van der Waals surface area contributed by atoms with E-state index in [1.807, 2.05) is 24.3 Å². The Morgan fingerprint density at radius 3 is 2.33 bits per heavy atom. The van der Waals surface area contributed by atoms with Gasteiger partial charge < -0.3 is 9.47 Å². The zero-order valence-corrected chi connectivity index (χ0v) is 12.9. The van der Waals surface area contributed by atoms with Gasteiger partial charge in [0.15, 0.2) is 5.12 Å². The first kappa shape index (κ1) is 15.1. The topological polar surface area (TPSA) is 35.5 Å². The lowest BCUT2D eigenvalue weighted by atomic mass is 10.2. The minimum Gasteiger partial charge on any atom is -0.495 e. The quantitative estimate of drug-likeness (QED) is 0.823. The van der Waals surface area contributed by atoms with Crippen LogP contribution in [0, 0.1) is 0 Å². The van der Waals surface area contributed by atoms with E-state index in [0.29, 0.717) is 17.3 Å². The first-order chi connectivity index (χ1) is 8.58. The van der Waals surface area contributed by atoms with Gasteiger partial charge in [-0.1, -0.05) is 23.9 Å². The average Bonchev–Trinajstić information content (AvgIpc) is 2.35. The lowest BCUT2D eigenvalue weighted by molar-refractivity contribution is -0.109. The number of methoxy groups -OCH3 is 2. The molecule has 0 saturated carbocycles. The first-order valence-corrected chi connectivity index (χ1v) is 7.07. The maximum Gasteiger partial charge on any atom is 0.186 e. The standard InChI is InChI=1S/C13H15BrO3S/c1-9(15)18-6-4-5-10-7-11(16-2)13(14)12(8-10)17-3/h4-5,7-8H,6H2,1-3H3. The highest BCUT2D eigenvalue weighted by Crippen LogP contribution is 2.35. The number of carbonyl (C=O) groups excluding carboxylic acids is 1. The minimum atomic E-state index is 0.116. The van der Waals surface area contributed by atoms with E-state index in [9.17, 15) is 4.79 Å². The van der Waals surface area contributed by atoms with Crippen LogP contribution >= 0.6 is 27.7 Å². The van der Waals surface area contributed by atoms with Crippen LogP contribution in [0.3, 0.4) is 0 Å². The Morgan fingerprint density at radius 1 is 1.33 bits per heavy atom. The molecule has 5 heteroatoms. The molecule has 0 heterocycles. The van der Waals surface area contributed by atoms with Crippen LogP contribution in [0.15, 0.2) is 22.7 Å². The largest absolute Gasteiger partial charge is 0.495 e. The van der Waals surface area contributed by atoms with Crippen molar-refractivity contribution in [2.75, 3.05) is 20.0 Å². The fourth-order valence-corrected chi connectivity index (χ4v) is 2.32. The van der Waals surface area contributed by atoms with Gasteiger partial charge in [-0.15, -0.1) is 0 Å². The lowest BCUT2D eigenvalue weighted by Gasteiger charge is -2.09. The molecule has 0 N–H and O–H groups in total. The molecule has 1 rings (SSSR count). The summed E-state index contributed by atoms with van der Waals surface area (Å²) in [5.41, 5.74) is 0.969. The molecule has 0 fully saturated rings. The number of benzene rings is 1. The molecule has 18 heavy (non-hydrogen) atoms. The summed E-state index contributed by atoms with van der Waals surface area (Å²) in [6, 6.07) is 3.81. The van der Waals surface area contributed by atoms with Crippen LogP contribution in [0.1, 0.15) is 12.5 Å². The van der Waals surface area contributed by atoms with Crippen molar-refractivity contribution in [2.45, 2.75) is 6.92 Å². The molecule has 1 aromatic carbocycles. The van der Waals surface area contributed by atoms with Crippen molar-refractivity contribution in [3.05, 3.63) is 28.2 Å². The van der Waals surface area contributed by atoms with Crippen LogP contribution in [0.25, 0.3) is 6.08 Å². The second-order valence-electron chi connectivity index (χ2n) is 3.44. The average molecular weight is 331 g/mol. The second-order valence-corrected chi connectivity index (χ2v) is 5.43. The van der Waals surface area contributed by atoms with Gasteiger partial charge in [0.1, 0.15) is 16.0 Å². The van der Waals surface area contributed by atoms with E-state index in [2.05, 4.69) is 15.9 Å². The summed E-state index contributed by atoms with van der Waals surface area (Å²) in [4.78, 5) is 10.8. The molecule has 98 valence electrons. The van der Waals surface area contributed by atoms with Crippen LogP contribution in [-0.4, -0.2) is 25.1 Å². The highest BCUT2D eigenvalue weighted by molar-refractivity contribution is 9.10. The van der Waals surface area contributed by atoms with Crippen molar-refractivity contribution in [2.24, 2.45) is 0 Å². The predicted octanol–water partition coefficient (Wildman–Crippen LogP) is 3.76. The summed E-state index contributed by atoms with van der Waals surface area (Å²) in [7, 11) is 3.22. The summed E-state index contributed by atoms with van der Waals surface area (Å²) in [6.45, 7) is 1.56. The van der Waals surface area contributed by atoms with Crippen molar-refractivity contribution < 1.29 is 14.3 Å². The van der Waals surface area contributed by atoms with E-state index in [0.717, 1.165) is 10.0 Å². The molecule has 0 aliphatic heterocycles. The van der Waals surface area contributed by atoms with Crippen LogP contribution in [-0.2, 0) is 4.79 Å². The Labute approximate surface area is 120 Å².